The number of amides is 1. The summed E-state index contributed by atoms with van der Waals surface area (Å²) in [6, 6.07) is 7.09. The predicted octanol–water partition coefficient (Wildman–Crippen LogP) is 1.72. The molecule has 0 aromatic heterocycles. The van der Waals surface area contributed by atoms with Gasteiger partial charge in [-0.3, -0.25) is 4.79 Å². The Morgan fingerprint density at radius 3 is 2.79 bits per heavy atom. The number of hydrogen-bond donors (Lipinski definition) is 2. The summed E-state index contributed by atoms with van der Waals surface area (Å²) in [6.07, 6.45) is 0.876. The van der Waals surface area contributed by atoms with Crippen LogP contribution in [0.2, 0.25) is 0 Å². The minimum Gasteiger partial charge on any atom is -0.484 e. The highest BCUT2D eigenvalue weighted by molar-refractivity contribution is 7.80. The lowest BCUT2D eigenvalue weighted by molar-refractivity contribution is -0.120. The van der Waals surface area contributed by atoms with Gasteiger partial charge in [0.1, 0.15) is 24.0 Å². The quantitative estimate of drug-likeness (QED) is 0.561. The monoisotopic (exact) mass is 282 g/mol. The van der Waals surface area contributed by atoms with Crippen molar-refractivity contribution >= 4 is 28.8 Å². The Morgan fingerprint density at radius 2 is 2.11 bits per heavy atom. The van der Waals surface area contributed by atoms with Gasteiger partial charge in [-0.05, 0) is 18.6 Å². The lowest BCUT2D eigenvalue weighted by atomic mass is 10.3. The third-order valence-electron chi connectivity index (χ3n) is 2.11. The van der Waals surface area contributed by atoms with Crippen LogP contribution in [0.1, 0.15) is 13.3 Å². The molecule has 0 aliphatic heterocycles. The lowest BCUT2D eigenvalue weighted by Crippen LogP contribution is -2.21. The van der Waals surface area contributed by atoms with Gasteiger partial charge in [0.25, 0.3) is 0 Å². The van der Waals surface area contributed by atoms with Crippen molar-refractivity contribution in [1.29, 1.82) is 0 Å². The van der Waals surface area contributed by atoms with Crippen LogP contribution < -0.4 is 15.8 Å². The number of rotatable bonds is 8. The van der Waals surface area contributed by atoms with E-state index in [1.165, 1.54) is 0 Å². The summed E-state index contributed by atoms with van der Waals surface area (Å²) < 4.78 is 10.6. The molecule has 0 bridgehead atoms. The van der Waals surface area contributed by atoms with Crippen molar-refractivity contribution in [1.82, 2.24) is 0 Å². The number of ether oxygens (including phenoxy) is 2. The normalized spacial score (nSPS) is 9.95. The van der Waals surface area contributed by atoms with E-state index in [1.54, 1.807) is 24.3 Å². The Labute approximate surface area is 118 Å². The van der Waals surface area contributed by atoms with Crippen LogP contribution in [0.15, 0.2) is 24.3 Å². The number of thiocarbonyl (C=S) groups is 1. The van der Waals surface area contributed by atoms with Crippen LogP contribution in [-0.4, -0.2) is 30.7 Å². The van der Waals surface area contributed by atoms with Crippen LogP contribution >= 0.6 is 12.2 Å². The second-order valence-electron chi connectivity index (χ2n) is 3.85. The highest BCUT2D eigenvalue weighted by atomic mass is 32.1. The molecule has 0 spiro atoms. The average Bonchev–Trinajstić information content (AvgIpc) is 2.38. The molecular weight excluding hydrogens is 264 g/mol. The van der Waals surface area contributed by atoms with Crippen molar-refractivity contribution in [3.05, 3.63) is 24.3 Å². The third-order valence-corrected chi connectivity index (χ3v) is 2.23. The topological polar surface area (TPSA) is 73.6 Å². The van der Waals surface area contributed by atoms with Crippen LogP contribution in [0.5, 0.6) is 5.75 Å². The summed E-state index contributed by atoms with van der Waals surface area (Å²) in [4.78, 5) is 11.9. The molecule has 0 heterocycles. The van der Waals surface area contributed by atoms with Crippen molar-refractivity contribution in [3.8, 4) is 5.75 Å². The molecule has 0 radical (unpaired) electrons. The molecule has 1 aromatic rings. The maximum Gasteiger partial charge on any atom is 0.250 e. The largest absolute Gasteiger partial charge is 0.484 e. The molecule has 3 N–H and O–H groups in total. The maximum absolute atomic E-state index is 11.6. The fraction of sp³-hybridized carbons (Fsp3) is 0.385. The first-order chi connectivity index (χ1) is 9.13. The Balaban J connectivity index is 2.56. The highest BCUT2D eigenvalue weighted by Gasteiger charge is 2.07. The molecule has 19 heavy (non-hydrogen) atoms. The fourth-order valence-electron chi connectivity index (χ4n) is 1.34. The number of para-hydroxylation sites is 2. The number of benzene rings is 1. The zero-order valence-corrected chi connectivity index (χ0v) is 11.7. The number of carbonyl (C=O) groups is 1. The highest BCUT2D eigenvalue weighted by Crippen LogP contribution is 2.23. The number of anilines is 1. The summed E-state index contributed by atoms with van der Waals surface area (Å²) in [5.41, 5.74) is 5.94. The zero-order chi connectivity index (χ0) is 14.1. The fourth-order valence-corrected chi connectivity index (χ4v) is 1.40. The minimum absolute atomic E-state index is 0.0253. The molecule has 0 saturated heterocycles. The smallest absolute Gasteiger partial charge is 0.250 e. The standard InChI is InChI=1S/C13H18N2O3S/c1-2-7-17-9-13(16)15-10-5-3-4-6-11(10)18-8-12(14)19/h3-6H,2,7-9H2,1H3,(H2,14,19)(H,15,16). The molecule has 1 aromatic carbocycles. The molecule has 0 atom stereocenters. The van der Waals surface area contributed by atoms with E-state index in [9.17, 15) is 4.79 Å². The van der Waals surface area contributed by atoms with Crippen LogP contribution in [0, 0.1) is 0 Å². The molecule has 6 heteroatoms. The van der Waals surface area contributed by atoms with Gasteiger partial charge >= 0.3 is 0 Å². The van der Waals surface area contributed by atoms with E-state index in [4.69, 9.17) is 27.4 Å². The zero-order valence-electron chi connectivity index (χ0n) is 10.8. The number of nitrogens with two attached hydrogens (primary N) is 1. The molecule has 104 valence electrons. The SMILES string of the molecule is CCCOCC(=O)Nc1ccccc1OCC(N)=S. The van der Waals surface area contributed by atoms with Gasteiger partial charge in [0.05, 0.1) is 5.69 Å². The van der Waals surface area contributed by atoms with E-state index >= 15 is 0 Å². The van der Waals surface area contributed by atoms with Crippen LogP contribution in [-0.2, 0) is 9.53 Å². The van der Waals surface area contributed by atoms with E-state index in [2.05, 4.69) is 5.32 Å². The van der Waals surface area contributed by atoms with Crippen LogP contribution in [0.4, 0.5) is 5.69 Å². The van der Waals surface area contributed by atoms with Crippen molar-refractivity contribution in [2.45, 2.75) is 13.3 Å². The molecule has 0 aliphatic carbocycles. The first kappa shape index (κ1) is 15.4. The van der Waals surface area contributed by atoms with Gasteiger partial charge in [-0.2, -0.15) is 0 Å². The van der Waals surface area contributed by atoms with Crippen molar-refractivity contribution in [2.75, 3.05) is 25.1 Å². The summed E-state index contributed by atoms with van der Waals surface area (Å²) in [6.45, 7) is 2.70. The van der Waals surface area contributed by atoms with E-state index in [0.717, 1.165) is 6.42 Å². The lowest BCUT2D eigenvalue weighted by Gasteiger charge is -2.12. The van der Waals surface area contributed by atoms with E-state index in [1.807, 2.05) is 6.92 Å². The minimum atomic E-state index is -0.222. The van der Waals surface area contributed by atoms with Crippen LogP contribution in [0.25, 0.3) is 0 Å². The van der Waals surface area contributed by atoms with Crippen molar-refractivity contribution in [2.24, 2.45) is 5.73 Å². The van der Waals surface area contributed by atoms with Gasteiger partial charge in [-0.15, -0.1) is 0 Å². The molecular formula is C13H18N2O3S. The molecule has 0 aliphatic rings. The summed E-state index contributed by atoms with van der Waals surface area (Å²) in [5.74, 6) is 0.305. The van der Waals surface area contributed by atoms with E-state index < -0.39 is 0 Å². The number of nitrogens with one attached hydrogen (secondary N) is 1. The van der Waals surface area contributed by atoms with E-state index in [0.29, 0.717) is 18.0 Å². The van der Waals surface area contributed by atoms with Gasteiger partial charge in [0, 0.05) is 6.61 Å². The summed E-state index contributed by atoms with van der Waals surface area (Å²) >= 11 is 4.74. The second kappa shape index (κ2) is 8.44. The van der Waals surface area contributed by atoms with Gasteiger partial charge in [-0.1, -0.05) is 31.3 Å². The Morgan fingerprint density at radius 1 is 1.37 bits per heavy atom. The average molecular weight is 282 g/mol. The summed E-state index contributed by atoms with van der Waals surface area (Å²) in [5, 5.41) is 2.72. The van der Waals surface area contributed by atoms with Crippen molar-refractivity contribution in [3.63, 3.8) is 0 Å². The maximum atomic E-state index is 11.6. The third kappa shape index (κ3) is 6.17. The first-order valence-corrected chi connectivity index (χ1v) is 6.42. The second-order valence-corrected chi connectivity index (χ2v) is 4.38. The van der Waals surface area contributed by atoms with Gasteiger partial charge < -0.3 is 20.5 Å². The Kier molecular flexibility index (Phi) is 6.84. The van der Waals surface area contributed by atoms with Gasteiger partial charge in [0.15, 0.2) is 0 Å². The van der Waals surface area contributed by atoms with E-state index in [-0.39, 0.29) is 24.1 Å². The molecule has 0 unspecified atom stereocenters. The van der Waals surface area contributed by atoms with Gasteiger partial charge in [-0.25, -0.2) is 0 Å². The molecule has 1 rings (SSSR count). The van der Waals surface area contributed by atoms with Gasteiger partial charge in [0.2, 0.25) is 5.91 Å². The first-order valence-electron chi connectivity index (χ1n) is 6.01. The Bertz CT molecular complexity index is 438. The number of hydrogen-bond acceptors (Lipinski definition) is 4. The number of carbonyl (C=O) groups excluding carboxylic acids is 1. The molecule has 1 amide bonds. The summed E-state index contributed by atoms with van der Waals surface area (Å²) in [7, 11) is 0. The van der Waals surface area contributed by atoms with Crippen molar-refractivity contribution < 1.29 is 14.3 Å². The molecule has 5 nitrogen and oxygen atoms in total. The Hall–Kier alpha value is -1.66. The van der Waals surface area contributed by atoms with Crippen LogP contribution in [0.3, 0.4) is 0 Å². The molecule has 0 fully saturated rings. The predicted molar refractivity (Wildman–Crippen MR) is 78.5 cm³/mol. The molecule has 0 saturated carbocycles.